The summed E-state index contributed by atoms with van der Waals surface area (Å²) in [6.45, 7) is 3.18. The summed E-state index contributed by atoms with van der Waals surface area (Å²) in [7, 11) is 0. The van der Waals surface area contributed by atoms with Crippen LogP contribution in [0, 0.1) is 12.7 Å². The summed E-state index contributed by atoms with van der Waals surface area (Å²) in [6, 6.07) is 17.5. The van der Waals surface area contributed by atoms with Crippen molar-refractivity contribution in [3.63, 3.8) is 0 Å². The summed E-state index contributed by atoms with van der Waals surface area (Å²) in [6.07, 6.45) is 1.97. The molecule has 0 saturated carbocycles. The first-order valence-electron chi connectivity index (χ1n) is 8.67. The van der Waals surface area contributed by atoms with Crippen LogP contribution in [0.1, 0.15) is 22.9 Å². The Hall–Kier alpha value is -3.08. The molecule has 0 spiro atoms. The van der Waals surface area contributed by atoms with Gasteiger partial charge in [-0.05, 0) is 42.8 Å². The zero-order valence-electron chi connectivity index (χ0n) is 14.5. The number of hydrogen-bond donors (Lipinski definition) is 1. The van der Waals surface area contributed by atoms with Crippen LogP contribution in [0.5, 0.6) is 0 Å². The van der Waals surface area contributed by atoms with Crippen molar-refractivity contribution in [3.8, 4) is 0 Å². The van der Waals surface area contributed by atoms with Gasteiger partial charge in [-0.15, -0.1) is 0 Å². The first-order valence-corrected chi connectivity index (χ1v) is 8.67. The molecule has 4 nitrogen and oxygen atoms in total. The van der Waals surface area contributed by atoms with Gasteiger partial charge in [0.1, 0.15) is 11.9 Å². The number of aryl methyl sites for hydroxylation is 1. The number of nitrogens with zero attached hydrogens (tertiary/aromatic N) is 2. The zero-order chi connectivity index (χ0) is 18.1. The van der Waals surface area contributed by atoms with Gasteiger partial charge in [0.05, 0.1) is 0 Å². The minimum atomic E-state index is -0.454. The lowest BCUT2D eigenvalue weighted by atomic mass is 9.99. The average Bonchev–Trinajstić information content (AvgIpc) is 3.10. The second-order valence-electron chi connectivity index (χ2n) is 6.54. The Morgan fingerprint density at radius 1 is 1.08 bits per heavy atom. The van der Waals surface area contributed by atoms with Gasteiger partial charge in [-0.2, -0.15) is 0 Å². The Bertz CT molecular complexity index is 950. The van der Waals surface area contributed by atoms with Crippen molar-refractivity contribution >= 4 is 11.7 Å². The van der Waals surface area contributed by atoms with Crippen molar-refractivity contribution < 1.29 is 9.18 Å². The molecule has 5 heteroatoms. The van der Waals surface area contributed by atoms with E-state index in [4.69, 9.17) is 0 Å². The molecule has 4 rings (SSSR count). The normalized spacial score (nSPS) is 16.2. The first kappa shape index (κ1) is 16.4. The number of amides is 2. The molecule has 0 saturated heterocycles. The van der Waals surface area contributed by atoms with Crippen LogP contribution in [0.25, 0.3) is 0 Å². The summed E-state index contributed by atoms with van der Waals surface area (Å²) in [5.74, 6) is -0.305. The molecule has 1 aliphatic rings. The Balaban J connectivity index is 1.70. The Kier molecular flexibility index (Phi) is 4.21. The summed E-state index contributed by atoms with van der Waals surface area (Å²) < 4.78 is 16.6. The van der Waals surface area contributed by atoms with Crippen LogP contribution in [-0.4, -0.2) is 22.0 Å². The van der Waals surface area contributed by atoms with Gasteiger partial charge < -0.3 is 14.8 Å². The molecular formula is C21H20FN3O. The van der Waals surface area contributed by atoms with Crippen molar-refractivity contribution in [3.05, 3.63) is 89.5 Å². The van der Waals surface area contributed by atoms with E-state index in [0.29, 0.717) is 18.7 Å². The molecule has 0 radical (unpaired) electrons. The van der Waals surface area contributed by atoms with Crippen molar-refractivity contribution in [1.82, 2.24) is 9.47 Å². The number of benzene rings is 2. The first-order chi connectivity index (χ1) is 12.6. The van der Waals surface area contributed by atoms with Gasteiger partial charge in [0.15, 0.2) is 0 Å². The maximum atomic E-state index is 14.5. The van der Waals surface area contributed by atoms with E-state index in [1.165, 1.54) is 6.07 Å². The Morgan fingerprint density at radius 2 is 1.92 bits per heavy atom. The summed E-state index contributed by atoms with van der Waals surface area (Å²) in [5.41, 5.74) is 3.23. The van der Waals surface area contributed by atoms with E-state index < -0.39 is 6.04 Å². The average molecular weight is 349 g/mol. The third-order valence-electron chi connectivity index (χ3n) is 4.77. The molecule has 132 valence electrons. The predicted molar refractivity (Wildman–Crippen MR) is 99.6 cm³/mol. The highest BCUT2D eigenvalue weighted by molar-refractivity contribution is 5.90. The third-order valence-corrected chi connectivity index (χ3v) is 4.77. The number of hydrogen-bond acceptors (Lipinski definition) is 1. The monoisotopic (exact) mass is 349 g/mol. The van der Waals surface area contributed by atoms with Gasteiger partial charge in [-0.1, -0.05) is 30.3 Å². The van der Waals surface area contributed by atoms with Crippen LogP contribution in [0.15, 0.2) is 66.9 Å². The fourth-order valence-electron chi connectivity index (χ4n) is 3.54. The quantitative estimate of drug-likeness (QED) is 0.723. The maximum absolute atomic E-state index is 14.5. The number of aromatic nitrogens is 1. The fraction of sp³-hybridized carbons (Fsp3) is 0.190. The number of carbonyl (C=O) groups is 1. The van der Waals surface area contributed by atoms with E-state index in [9.17, 15) is 9.18 Å². The smallest absolute Gasteiger partial charge is 0.322 e. The number of rotatable bonds is 2. The minimum Gasteiger partial charge on any atom is -0.348 e. The molecule has 0 fully saturated rings. The van der Waals surface area contributed by atoms with Crippen molar-refractivity contribution in [2.75, 3.05) is 11.9 Å². The van der Waals surface area contributed by atoms with Gasteiger partial charge >= 0.3 is 6.03 Å². The number of nitrogens with one attached hydrogen (secondary N) is 1. The lowest BCUT2D eigenvalue weighted by molar-refractivity contribution is 0.180. The number of halogens is 1. The topological polar surface area (TPSA) is 37.3 Å². The molecule has 2 amide bonds. The van der Waals surface area contributed by atoms with Gasteiger partial charge in [0.2, 0.25) is 0 Å². The molecule has 1 atom stereocenters. The van der Waals surface area contributed by atoms with Crippen LogP contribution in [0.2, 0.25) is 0 Å². The van der Waals surface area contributed by atoms with E-state index in [-0.39, 0.29) is 11.8 Å². The lowest BCUT2D eigenvalue weighted by Crippen LogP contribution is -2.44. The van der Waals surface area contributed by atoms with E-state index in [1.807, 2.05) is 49.5 Å². The second-order valence-corrected chi connectivity index (χ2v) is 6.54. The molecule has 1 aliphatic heterocycles. The number of urea groups is 1. The van der Waals surface area contributed by atoms with Gasteiger partial charge in [-0.25, -0.2) is 9.18 Å². The predicted octanol–water partition coefficient (Wildman–Crippen LogP) is 4.57. The van der Waals surface area contributed by atoms with Crippen LogP contribution >= 0.6 is 0 Å². The largest absolute Gasteiger partial charge is 0.348 e. The third kappa shape index (κ3) is 2.96. The SMILES string of the molecule is Cc1cccc(NC(=O)N2CCn3cccc3[C@@H]2c2ccccc2F)c1. The molecular weight excluding hydrogens is 329 g/mol. The van der Waals surface area contributed by atoms with Gasteiger partial charge in [-0.3, -0.25) is 0 Å². The minimum absolute atomic E-state index is 0.226. The molecule has 3 aromatic rings. The summed E-state index contributed by atoms with van der Waals surface area (Å²) in [4.78, 5) is 14.7. The lowest BCUT2D eigenvalue weighted by Gasteiger charge is -2.37. The molecule has 2 aromatic carbocycles. The number of anilines is 1. The summed E-state index contributed by atoms with van der Waals surface area (Å²) >= 11 is 0. The molecule has 26 heavy (non-hydrogen) atoms. The van der Waals surface area contributed by atoms with Crippen LogP contribution in [-0.2, 0) is 6.54 Å². The van der Waals surface area contributed by atoms with Gasteiger partial charge in [0, 0.05) is 36.2 Å². The van der Waals surface area contributed by atoms with E-state index in [0.717, 1.165) is 16.9 Å². The van der Waals surface area contributed by atoms with Gasteiger partial charge in [0.25, 0.3) is 0 Å². The maximum Gasteiger partial charge on any atom is 0.322 e. The molecule has 1 aromatic heterocycles. The van der Waals surface area contributed by atoms with E-state index in [1.54, 1.807) is 23.1 Å². The highest BCUT2D eigenvalue weighted by Gasteiger charge is 2.33. The van der Waals surface area contributed by atoms with Crippen LogP contribution < -0.4 is 5.32 Å². The summed E-state index contributed by atoms with van der Waals surface area (Å²) in [5, 5.41) is 2.95. The molecule has 2 heterocycles. The van der Waals surface area contributed by atoms with Crippen LogP contribution in [0.4, 0.5) is 14.9 Å². The molecule has 0 aliphatic carbocycles. The number of fused-ring (bicyclic) bond motifs is 1. The zero-order valence-corrected chi connectivity index (χ0v) is 14.5. The second kappa shape index (κ2) is 6.67. The van der Waals surface area contributed by atoms with E-state index >= 15 is 0 Å². The van der Waals surface area contributed by atoms with E-state index in [2.05, 4.69) is 9.88 Å². The Morgan fingerprint density at radius 3 is 2.73 bits per heavy atom. The highest BCUT2D eigenvalue weighted by Crippen LogP contribution is 2.34. The van der Waals surface area contributed by atoms with Crippen molar-refractivity contribution in [2.24, 2.45) is 0 Å². The highest BCUT2D eigenvalue weighted by atomic mass is 19.1. The van der Waals surface area contributed by atoms with Crippen LogP contribution in [0.3, 0.4) is 0 Å². The molecule has 0 unspecified atom stereocenters. The molecule has 0 bridgehead atoms. The standard InChI is InChI=1S/C21H20FN3O/c1-15-6-4-7-16(14-15)23-21(26)25-13-12-24-11-5-10-19(24)20(25)17-8-2-3-9-18(17)22/h2-11,14,20H,12-13H2,1H3,(H,23,26)/t20-/m0/s1. The number of carbonyl (C=O) groups excluding carboxylic acids is 1. The molecule has 1 N–H and O–H groups in total. The van der Waals surface area contributed by atoms with Crippen molar-refractivity contribution in [1.29, 1.82) is 0 Å². The Labute approximate surface area is 151 Å². The fourth-order valence-corrected chi connectivity index (χ4v) is 3.54. The van der Waals surface area contributed by atoms with Crippen molar-refractivity contribution in [2.45, 2.75) is 19.5 Å².